The number of hydrogen-bond acceptors (Lipinski definition) is 4. The van der Waals surface area contributed by atoms with Gasteiger partial charge in [-0.2, -0.15) is 0 Å². The molecule has 2 rings (SSSR count). The number of rotatable bonds is 5. The zero-order valence-corrected chi connectivity index (χ0v) is 13.6. The van der Waals surface area contributed by atoms with Crippen molar-refractivity contribution < 1.29 is 9.59 Å². The first-order valence-electron chi connectivity index (χ1n) is 7.84. The highest BCUT2D eigenvalue weighted by atomic mass is 16.2. The second-order valence-corrected chi connectivity index (χ2v) is 6.31. The summed E-state index contributed by atoms with van der Waals surface area (Å²) >= 11 is 0. The molecular formula is C15H25N5O2. The first-order chi connectivity index (χ1) is 10.4. The Morgan fingerprint density at radius 3 is 2.68 bits per heavy atom. The maximum atomic E-state index is 12.0. The molecule has 1 heterocycles. The van der Waals surface area contributed by atoms with Crippen molar-refractivity contribution in [3.8, 4) is 0 Å². The van der Waals surface area contributed by atoms with Gasteiger partial charge in [0, 0.05) is 20.0 Å². The van der Waals surface area contributed by atoms with Gasteiger partial charge in [-0.05, 0) is 31.6 Å². The van der Waals surface area contributed by atoms with E-state index in [9.17, 15) is 9.59 Å². The van der Waals surface area contributed by atoms with Crippen molar-refractivity contribution in [2.24, 2.45) is 5.92 Å². The maximum Gasteiger partial charge on any atom is 0.242 e. The summed E-state index contributed by atoms with van der Waals surface area (Å²) in [6.07, 6.45) is 6.17. The second-order valence-electron chi connectivity index (χ2n) is 6.31. The lowest BCUT2D eigenvalue weighted by Gasteiger charge is -2.26. The van der Waals surface area contributed by atoms with Crippen LogP contribution in [0.2, 0.25) is 0 Å². The zero-order chi connectivity index (χ0) is 16.1. The van der Waals surface area contributed by atoms with Gasteiger partial charge in [-0.25, -0.2) is 4.68 Å². The molecule has 1 saturated carbocycles. The smallest absolute Gasteiger partial charge is 0.242 e. The molecule has 0 aliphatic heterocycles. The Morgan fingerprint density at radius 2 is 2.05 bits per heavy atom. The monoisotopic (exact) mass is 307 g/mol. The van der Waals surface area contributed by atoms with Gasteiger partial charge in [0.1, 0.15) is 12.2 Å². The van der Waals surface area contributed by atoms with E-state index in [4.69, 9.17) is 0 Å². The van der Waals surface area contributed by atoms with Crippen LogP contribution in [0.4, 0.5) is 0 Å². The molecule has 1 N–H and O–H groups in total. The molecular weight excluding hydrogens is 282 g/mol. The molecule has 7 nitrogen and oxygen atoms in total. The minimum absolute atomic E-state index is 0.0289. The fourth-order valence-corrected chi connectivity index (χ4v) is 2.67. The summed E-state index contributed by atoms with van der Waals surface area (Å²) in [6, 6.07) is 0.288. The summed E-state index contributed by atoms with van der Waals surface area (Å²) in [4.78, 5) is 24.8. The van der Waals surface area contributed by atoms with Crippen LogP contribution in [0.3, 0.4) is 0 Å². The van der Waals surface area contributed by atoms with Gasteiger partial charge in [0.05, 0.1) is 12.7 Å². The highest BCUT2D eigenvalue weighted by Crippen LogP contribution is 2.23. The highest BCUT2D eigenvalue weighted by Gasteiger charge is 2.20. The number of amides is 2. The number of carbonyl (C=O) groups excluding carboxylic acids is 2. The third-order valence-electron chi connectivity index (χ3n) is 4.21. The molecule has 1 aromatic rings. The third-order valence-corrected chi connectivity index (χ3v) is 4.21. The molecule has 0 radical (unpaired) electrons. The Bertz CT molecular complexity index is 520. The van der Waals surface area contributed by atoms with E-state index in [1.54, 1.807) is 18.1 Å². The van der Waals surface area contributed by atoms with Crippen molar-refractivity contribution in [3.05, 3.63) is 11.9 Å². The molecule has 22 heavy (non-hydrogen) atoms. The Labute approximate surface area is 131 Å². The molecule has 0 aromatic carbocycles. The Kier molecular flexibility index (Phi) is 5.51. The van der Waals surface area contributed by atoms with E-state index in [-0.39, 0.29) is 24.4 Å². The van der Waals surface area contributed by atoms with Gasteiger partial charge < -0.3 is 10.2 Å². The molecule has 1 aliphatic rings. The SMILES string of the molecule is CC(=O)N(C)Cc1cn(CC(=O)NC2CCC(C)CC2)nn1. The van der Waals surface area contributed by atoms with Gasteiger partial charge in [-0.3, -0.25) is 9.59 Å². The van der Waals surface area contributed by atoms with Crippen LogP contribution in [0.1, 0.15) is 45.2 Å². The van der Waals surface area contributed by atoms with Crippen LogP contribution in [0, 0.1) is 5.92 Å². The van der Waals surface area contributed by atoms with Crippen molar-refractivity contribution in [1.82, 2.24) is 25.2 Å². The van der Waals surface area contributed by atoms with Crippen LogP contribution >= 0.6 is 0 Å². The van der Waals surface area contributed by atoms with Crippen LogP contribution in [-0.2, 0) is 22.7 Å². The van der Waals surface area contributed by atoms with E-state index in [0.717, 1.165) is 18.8 Å². The first-order valence-corrected chi connectivity index (χ1v) is 7.84. The van der Waals surface area contributed by atoms with Crippen LogP contribution in [0.15, 0.2) is 6.20 Å². The normalized spacial score (nSPS) is 21.4. The summed E-state index contributed by atoms with van der Waals surface area (Å²) in [5, 5.41) is 11.0. The van der Waals surface area contributed by atoms with Crippen molar-refractivity contribution >= 4 is 11.8 Å². The van der Waals surface area contributed by atoms with Crippen molar-refractivity contribution in [1.29, 1.82) is 0 Å². The number of nitrogens with zero attached hydrogens (tertiary/aromatic N) is 4. The van der Waals surface area contributed by atoms with E-state index in [1.165, 1.54) is 24.4 Å². The highest BCUT2D eigenvalue weighted by molar-refractivity contribution is 5.76. The van der Waals surface area contributed by atoms with Gasteiger partial charge in [0.15, 0.2) is 0 Å². The molecule has 0 spiro atoms. The van der Waals surface area contributed by atoms with Gasteiger partial charge in [-0.15, -0.1) is 5.10 Å². The molecule has 7 heteroatoms. The quantitative estimate of drug-likeness (QED) is 0.878. The third kappa shape index (κ3) is 4.82. The number of nitrogens with one attached hydrogen (secondary N) is 1. The molecule has 1 fully saturated rings. The average Bonchev–Trinajstić information content (AvgIpc) is 2.88. The fourth-order valence-electron chi connectivity index (χ4n) is 2.67. The van der Waals surface area contributed by atoms with Crippen molar-refractivity contribution in [2.75, 3.05) is 7.05 Å². The van der Waals surface area contributed by atoms with E-state index >= 15 is 0 Å². The summed E-state index contributed by atoms with van der Waals surface area (Å²) in [5.74, 6) is 0.707. The van der Waals surface area contributed by atoms with Crippen LogP contribution < -0.4 is 5.32 Å². The van der Waals surface area contributed by atoms with Crippen LogP contribution in [0.5, 0.6) is 0 Å². The van der Waals surface area contributed by atoms with Gasteiger partial charge >= 0.3 is 0 Å². The Morgan fingerprint density at radius 1 is 1.36 bits per heavy atom. The summed E-state index contributed by atoms with van der Waals surface area (Å²) < 4.78 is 1.52. The Hall–Kier alpha value is -1.92. The van der Waals surface area contributed by atoms with E-state index < -0.39 is 0 Å². The second kappa shape index (κ2) is 7.38. The van der Waals surface area contributed by atoms with Gasteiger partial charge in [0.25, 0.3) is 0 Å². The number of hydrogen-bond donors (Lipinski definition) is 1. The fraction of sp³-hybridized carbons (Fsp3) is 0.733. The topological polar surface area (TPSA) is 80.1 Å². The largest absolute Gasteiger partial charge is 0.352 e. The van der Waals surface area contributed by atoms with Crippen molar-refractivity contribution in [2.45, 2.75) is 58.7 Å². The zero-order valence-electron chi connectivity index (χ0n) is 13.6. The predicted molar refractivity (Wildman–Crippen MR) is 81.7 cm³/mol. The standard InChI is InChI=1S/C15H25N5O2/c1-11-4-6-13(7-5-11)16-15(22)10-20-9-14(17-18-20)8-19(3)12(2)21/h9,11,13H,4-8,10H2,1-3H3,(H,16,22). The summed E-state index contributed by atoms with van der Waals surface area (Å²) in [6.45, 7) is 4.33. The van der Waals surface area contributed by atoms with E-state index in [2.05, 4.69) is 22.6 Å². The maximum absolute atomic E-state index is 12.0. The van der Waals surface area contributed by atoms with Crippen molar-refractivity contribution in [3.63, 3.8) is 0 Å². The summed E-state index contributed by atoms with van der Waals surface area (Å²) in [5.41, 5.74) is 0.678. The molecule has 2 amide bonds. The van der Waals surface area contributed by atoms with Crippen LogP contribution in [-0.4, -0.2) is 44.8 Å². The number of aromatic nitrogens is 3. The minimum Gasteiger partial charge on any atom is -0.352 e. The average molecular weight is 307 g/mol. The van der Waals surface area contributed by atoms with E-state index in [1.807, 2.05) is 0 Å². The predicted octanol–water partition coefficient (Wildman–Crippen LogP) is 0.951. The molecule has 1 aliphatic carbocycles. The van der Waals surface area contributed by atoms with Crippen LogP contribution in [0.25, 0.3) is 0 Å². The van der Waals surface area contributed by atoms with Gasteiger partial charge in [-0.1, -0.05) is 12.1 Å². The first kappa shape index (κ1) is 16.5. The minimum atomic E-state index is -0.0316. The Balaban J connectivity index is 1.79. The summed E-state index contributed by atoms with van der Waals surface area (Å²) in [7, 11) is 1.71. The molecule has 1 aromatic heterocycles. The lowest BCUT2D eigenvalue weighted by molar-refractivity contribution is -0.128. The van der Waals surface area contributed by atoms with E-state index in [0.29, 0.717) is 12.2 Å². The number of carbonyl (C=O) groups is 2. The molecule has 0 atom stereocenters. The van der Waals surface area contributed by atoms with Gasteiger partial charge in [0.2, 0.25) is 11.8 Å². The molecule has 122 valence electrons. The molecule has 0 unspecified atom stereocenters. The molecule has 0 saturated heterocycles. The lowest BCUT2D eigenvalue weighted by atomic mass is 9.87. The molecule has 0 bridgehead atoms. The lowest BCUT2D eigenvalue weighted by Crippen LogP contribution is -2.39.